The molecule has 2 aromatic rings. The van der Waals surface area contributed by atoms with Crippen molar-refractivity contribution in [1.82, 2.24) is 0 Å². The summed E-state index contributed by atoms with van der Waals surface area (Å²) in [7, 11) is 0. The number of hydrogen-bond acceptors (Lipinski definition) is 3. The van der Waals surface area contributed by atoms with Gasteiger partial charge in [0.05, 0.1) is 5.02 Å². The van der Waals surface area contributed by atoms with Gasteiger partial charge >= 0.3 is 0 Å². The Kier molecular flexibility index (Phi) is 5.20. The van der Waals surface area contributed by atoms with Crippen LogP contribution >= 0.6 is 11.6 Å². The number of halogens is 1. The molecule has 0 saturated carbocycles. The van der Waals surface area contributed by atoms with E-state index in [1.165, 1.54) is 0 Å². The predicted molar refractivity (Wildman–Crippen MR) is 84.5 cm³/mol. The van der Waals surface area contributed by atoms with Crippen LogP contribution in [0.2, 0.25) is 5.02 Å². The largest absolute Gasteiger partial charge is 0.479 e. The van der Waals surface area contributed by atoms with E-state index in [1.807, 2.05) is 36.4 Å². The maximum atomic E-state index is 12.1. The lowest BCUT2D eigenvalue weighted by atomic mass is 10.2. The summed E-state index contributed by atoms with van der Waals surface area (Å²) in [5.74, 6) is 0.210. The van der Waals surface area contributed by atoms with Crippen molar-refractivity contribution in [3.8, 4) is 5.75 Å². The lowest BCUT2D eigenvalue weighted by Gasteiger charge is -2.18. The number of ether oxygens (including phenoxy) is 1. The molecule has 3 N–H and O–H groups in total. The topological polar surface area (TPSA) is 64.3 Å². The molecule has 0 aliphatic carbocycles. The minimum Gasteiger partial charge on any atom is -0.479 e. The van der Waals surface area contributed by atoms with Crippen molar-refractivity contribution in [2.75, 3.05) is 5.32 Å². The van der Waals surface area contributed by atoms with Crippen LogP contribution in [0.25, 0.3) is 0 Å². The number of para-hydroxylation sites is 2. The molecule has 0 aliphatic heterocycles. The highest BCUT2D eigenvalue weighted by Gasteiger charge is 2.18. The van der Waals surface area contributed by atoms with Crippen molar-refractivity contribution in [3.05, 3.63) is 59.1 Å². The van der Waals surface area contributed by atoms with Crippen LogP contribution in [0, 0.1) is 0 Å². The summed E-state index contributed by atoms with van der Waals surface area (Å²) in [6, 6.07) is 14.5. The molecule has 5 heteroatoms. The van der Waals surface area contributed by atoms with Gasteiger partial charge in [-0.3, -0.25) is 4.79 Å². The molecule has 0 radical (unpaired) electrons. The predicted octanol–water partition coefficient (Wildman–Crippen LogP) is 3.20. The van der Waals surface area contributed by atoms with E-state index >= 15 is 0 Å². The minimum absolute atomic E-state index is 0.246. The first-order valence-corrected chi connectivity index (χ1v) is 6.99. The summed E-state index contributed by atoms with van der Waals surface area (Å²) in [5, 5.41) is 3.22. The third kappa shape index (κ3) is 3.97. The Bertz CT molecular complexity index is 617. The lowest BCUT2D eigenvalue weighted by Crippen LogP contribution is -2.30. The van der Waals surface area contributed by atoms with Gasteiger partial charge < -0.3 is 15.8 Å². The van der Waals surface area contributed by atoms with Gasteiger partial charge in [0.25, 0.3) is 5.91 Å². The maximum Gasteiger partial charge on any atom is 0.265 e. The van der Waals surface area contributed by atoms with Gasteiger partial charge in [-0.1, -0.05) is 41.9 Å². The molecule has 0 bridgehead atoms. The number of nitrogens with two attached hydrogens (primary N) is 1. The molecule has 4 nitrogen and oxygen atoms in total. The fraction of sp³-hybridized carbons (Fsp3) is 0.188. The SMILES string of the molecule is CC(Oc1c(Cl)cccc1CN)C(=O)Nc1ccccc1. The Morgan fingerprint density at radius 1 is 1.24 bits per heavy atom. The number of benzene rings is 2. The summed E-state index contributed by atoms with van der Waals surface area (Å²) in [4.78, 5) is 12.1. The van der Waals surface area contributed by atoms with Gasteiger partial charge in [0.2, 0.25) is 0 Å². The number of rotatable bonds is 5. The molecule has 0 saturated heterocycles. The van der Waals surface area contributed by atoms with Crippen LogP contribution in [-0.2, 0) is 11.3 Å². The zero-order valence-corrected chi connectivity index (χ0v) is 12.4. The molecule has 1 unspecified atom stereocenters. The second-order valence-corrected chi connectivity index (χ2v) is 4.95. The summed E-state index contributed by atoms with van der Waals surface area (Å²) >= 11 is 6.10. The monoisotopic (exact) mass is 304 g/mol. The molecule has 2 aromatic carbocycles. The van der Waals surface area contributed by atoms with Crippen LogP contribution in [0.4, 0.5) is 5.69 Å². The third-order valence-electron chi connectivity index (χ3n) is 2.97. The first-order chi connectivity index (χ1) is 10.1. The van der Waals surface area contributed by atoms with E-state index in [1.54, 1.807) is 19.1 Å². The Hall–Kier alpha value is -2.04. The molecular weight excluding hydrogens is 288 g/mol. The van der Waals surface area contributed by atoms with Crippen LogP contribution in [0.15, 0.2) is 48.5 Å². The Morgan fingerprint density at radius 2 is 1.95 bits per heavy atom. The van der Waals surface area contributed by atoms with Crippen LogP contribution < -0.4 is 15.8 Å². The summed E-state index contributed by atoms with van der Waals surface area (Å²) in [6.07, 6.45) is -0.685. The van der Waals surface area contributed by atoms with Crippen molar-refractivity contribution < 1.29 is 9.53 Å². The number of carbonyl (C=O) groups is 1. The molecule has 0 heterocycles. The number of hydrogen-bond donors (Lipinski definition) is 2. The zero-order chi connectivity index (χ0) is 15.2. The average Bonchev–Trinajstić information content (AvgIpc) is 2.50. The Morgan fingerprint density at radius 3 is 2.62 bits per heavy atom. The molecule has 21 heavy (non-hydrogen) atoms. The number of amides is 1. The van der Waals surface area contributed by atoms with Crippen LogP contribution in [0.1, 0.15) is 12.5 Å². The highest BCUT2D eigenvalue weighted by molar-refractivity contribution is 6.32. The van der Waals surface area contributed by atoms with E-state index in [-0.39, 0.29) is 5.91 Å². The van der Waals surface area contributed by atoms with Gasteiger partial charge in [-0.15, -0.1) is 0 Å². The van der Waals surface area contributed by atoms with E-state index in [2.05, 4.69) is 5.32 Å². The second-order valence-electron chi connectivity index (χ2n) is 4.55. The maximum absolute atomic E-state index is 12.1. The van der Waals surface area contributed by atoms with E-state index < -0.39 is 6.10 Å². The normalized spacial score (nSPS) is 11.8. The van der Waals surface area contributed by atoms with E-state index in [0.717, 1.165) is 11.3 Å². The fourth-order valence-corrected chi connectivity index (χ4v) is 2.08. The summed E-state index contributed by atoms with van der Waals surface area (Å²) in [5.41, 5.74) is 7.14. The average molecular weight is 305 g/mol. The van der Waals surface area contributed by atoms with E-state index in [4.69, 9.17) is 22.1 Å². The van der Waals surface area contributed by atoms with Crippen molar-refractivity contribution in [3.63, 3.8) is 0 Å². The highest BCUT2D eigenvalue weighted by atomic mass is 35.5. The molecule has 2 rings (SSSR count). The highest BCUT2D eigenvalue weighted by Crippen LogP contribution is 2.29. The van der Waals surface area contributed by atoms with E-state index in [9.17, 15) is 4.79 Å². The molecule has 0 aromatic heterocycles. The first-order valence-electron chi connectivity index (χ1n) is 6.62. The number of carbonyl (C=O) groups excluding carboxylic acids is 1. The first kappa shape index (κ1) is 15.4. The van der Waals surface area contributed by atoms with Gasteiger partial charge in [0.1, 0.15) is 5.75 Å². The molecule has 0 spiro atoms. The van der Waals surface area contributed by atoms with Gasteiger partial charge in [-0.25, -0.2) is 0 Å². The van der Waals surface area contributed by atoms with Crippen LogP contribution in [0.5, 0.6) is 5.75 Å². The molecular formula is C16H17ClN2O2. The molecule has 0 fully saturated rings. The smallest absolute Gasteiger partial charge is 0.265 e. The zero-order valence-electron chi connectivity index (χ0n) is 11.7. The quantitative estimate of drug-likeness (QED) is 0.891. The minimum atomic E-state index is -0.685. The molecule has 1 atom stereocenters. The number of nitrogens with one attached hydrogen (secondary N) is 1. The third-order valence-corrected chi connectivity index (χ3v) is 3.27. The molecule has 110 valence electrons. The van der Waals surface area contributed by atoms with Crippen molar-refractivity contribution >= 4 is 23.2 Å². The molecule has 1 amide bonds. The van der Waals surface area contributed by atoms with E-state index in [0.29, 0.717) is 17.3 Å². The standard InChI is InChI=1S/C16H17ClN2O2/c1-11(16(20)19-13-7-3-2-4-8-13)21-15-12(10-18)6-5-9-14(15)17/h2-9,11H,10,18H2,1H3,(H,19,20). The fourth-order valence-electron chi connectivity index (χ4n) is 1.84. The Balaban J connectivity index is 2.08. The number of anilines is 1. The van der Waals surface area contributed by atoms with Gasteiger partial charge in [0.15, 0.2) is 6.10 Å². The second kappa shape index (κ2) is 7.11. The van der Waals surface area contributed by atoms with Gasteiger partial charge in [-0.05, 0) is 25.1 Å². The Labute approximate surface area is 128 Å². The van der Waals surface area contributed by atoms with Crippen molar-refractivity contribution in [2.45, 2.75) is 19.6 Å². The van der Waals surface area contributed by atoms with Gasteiger partial charge in [-0.2, -0.15) is 0 Å². The van der Waals surface area contributed by atoms with Crippen molar-refractivity contribution in [1.29, 1.82) is 0 Å². The summed E-state index contributed by atoms with van der Waals surface area (Å²) < 4.78 is 5.68. The van der Waals surface area contributed by atoms with Crippen molar-refractivity contribution in [2.24, 2.45) is 5.73 Å². The van der Waals surface area contributed by atoms with Crippen LogP contribution in [-0.4, -0.2) is 12.0 Å². The summed E-state index contributed by atoms with van der Waals surface area (Å²) in [6.45, 7) is 1.96. The van der Waals surface area contributed by atoms with Gasteiger partial charge in [0, 0.05) is 17.8 Å². The lowest BCUT2D eigenvalue weighted by molar-refractivity contribution is -0.122. The van der Waals surface area contributed by atoms with Crippen LogP contribution in [0.3, 0.4) is 0 Å². The molecule has 0 aliphatic rings.